The average Bonchev–Trinajstić information content (AvgIpc) is 3.73. The van der Waals surface area contributed by atoms with E-state index in [4.69, 9.17) is 16.3 Å². The molecule has 318 valence electrons. The maximum absolute atomic E-state index is 13.9. The number of piperazine rings is 1. The molecule has 0 aromatic heterocycles. The van der Waals surface area contributed by atoms with Crippen LogP contribution in [0.5, 0.6) is 5.75 Å². The number of halogens is 1. The van der Waals surface area contributed by atoms with Gasteiger partial charge in [0, 0.05) is 74.5 Å². The summed E-state index contributed by atoms with van der Waals surface area (Å²) in [4.78, 5) is 73.6. The largest absolute Gasteiger partial charge is 0.491 e. The van der Waals surface area contributed by atoms with Gasteiger partial charge in [0.15, 0.2) is 0 Å². The van der Waals surface area contributed by atoms with E-state index in [0.29, 0.717) is 50.9 Å². The van der Waals surface area contributed by atoms with Crippen LogP contribution in [0.3, 0.4) is 0 Å². The molecule has 5 amide bonds. The molecular formula is C48H53ClN6O6. The number of imide groups is 2. The van der Waals surface area contributed by atoms with E-state index in [1.807, 2.05) is 36.1 Å². The number of carbonyl (C=O) groups is 5. The minimum atomic E-state index is -0.957. The molecule has 0 bridgehead atoms. The van der Waals surface area contributed by atoms with Crippen molar-refractivity contribution < 1.29 is 28.7 Å². The van der Waals surface area contributed by atoms with Gasteiger partial charge in [-0.3, -0.25) is 39.1 Å². The number of nitriles is 1. The van der Waals surface area contributed by atoms with Gasteiger partial charge in [0.1, 0.15) is 17.9 Å². The van der Waals surface area contributed by atoms with Crippen molar-refractivity contribution >= 4 is 46.8 Å². The highest BCUT2D eigenvalue weighted by Gasteiger charge is 2.50. The van der Waals surface area contributed by atoms with Crippen molar-refractivity contribution in [3.05, 3.63) is 93.5 Å². The zero-order chi connectivity index (χ0) is 42.6. The van der Waals surface area contributed by atoms with Gasteiger partial charge in [-0.05, 0) is 131 Å². The molecule has 2 saturated carbocycles. The molecule has 1 N–H and O–H groups in total. The van der Waals surface area contributed by atoms with Gasteiger partial charge in [-0.1, -0.05) is 23.7 Å². The van der Waals surface area contributed by atoms with Crippen LogP contribution in [0.2, 0.25) is 5.02 Å². The standard InChI is InChI=1S/C48H53ClN6O6/c1-29-6-10-35(24-30(2)61-37-13-9-33(28-50)40(49)25-37)54(29)45(58)32-7-11-34(12-8-32)52-20-22-53(23-21-52)36-26-48(27-36)18-16-31(17-19-48)38-4-3-5-39-43(38)47(60)55(46(39)59)41-14-15-42(56)51-44(41)57/h3-5,7-9,11-13,25,29-31,35-36,41H,6,10,14-24,26-27H2,1-2H3,(H,51,56,57). The summed E-state index contributed by atoms with van der Waals surface area (Å²) in [6.45, 7) is 8.01. The third-order valence-corrected chi connectivity index (χ3v) is 15.0. The number of carbonyl (C=O) groups excluding carboxylic acids is 5. The van der Waals surface area contributed by atoms with Crippen molar-refractivity contribution in [1.29, 1.82) is 5.26 Å². The predicted octanol–water partition coefficient (Wildman–Crippen LogP) is 7.09. The molecule has 0 radical (unpaired) electrons. The maximum atomic E-state index is 13.9. The third kappa shape index (κ3) is 7.80. The molecule has 4 atom stereocenters. The number of fused-ring (bicyclic) bond motifs is 1. The smallest absolute Gasteiger partial charge is 0.262 e. The van der Waals surface area contributed by atoms with Crippen LogP contribution < -0.4 is 15.0 Å². The lowest BCUT2D eigenvalue weighted by Crippen LogP contribution is -2.57. The summed E-state index contributed by atoms with van der Waals surface area (Å²) in [5.74, 6) is -0.957. The van der Waals surface area contributed by atoms with E-state index in [1.165, 1.54) is 12.8 Å². The molecule has 4 heterocycles. The van der Waals surface area contributed by atoms with Crippen molar-refractivity contribution in [2.75, 3.05) is 31.1 Å². The Labute approximate surface area is 362 Å². The Morgan fingerprint density at radius 2 is 1.67 bits per heavy atom. The first kappa shape index (κ1) is 41.1. The van der Waals surface area contributed by atoms with E-state index in [0.717, 1.165) is 80.9 Å². The van der Waals surface area contributed by atoms with Gasteiger partial charge in [-0.15, -0.1) is 0 Å². The number of anilines is 1. The molecule has 9 rings (SSSR count). The first-order valence-electron chi connectivity index (χ1n) is 22.0. The number of ether oxygens (including phenoxy) is 1. The minimum Gasteiger partial charge on any atom is -0.491 e. The molecule has 61 heavy (non-hydrogen) atoms. The second kappa shape index (κ2) is 16.6. The van der Waals surface area contributed by atoms with Gasteiger partial charge in [-0.2, -0.15) is 5.26 Å². The quantitative estimate of drug-likeness (QED) is 0.223. The Morgan fingerprint density at radius 3 is 2.36 bits per heavy atom. The highest BCUT2D eigenvalue weighted by molar-refractivity contribution is 6.31. The number of piperidine rings is 1. The highest BCUT2D eigenvalue weighted by Crippen LogP contribution is 2.56. The van der Waals surface area contributed by atoms with Crippen molar-refractivity contribution in [2.24, 2.45) is 5.41 Å². The maximum Gasteiger partial charge on any atom is 0.262 e. The molecule has 5 fully saturated rings. The molecule has 4 unspecified atom stereocenters. The molecule has 2 aliphatic carbocycles. The van der Waals surface area contributed by atoms with E-state index < -0.39 is 23.8 Å². The fourth-order valence-electron chi connectivity index (χ4n) is 11.3. The highest BCUT2D eigenvalue weighted by atomic mass is 35.5. The number of hydrogen-bond acceptors (Lipinski definition) is 9. The molecule has 3 aromatic carbocycles. The number of benzene rings is 3. The van der Waals surface area contributed by atoms with E-state index >= 15 is 0 Å². The number of nitrogens with one attached hydrogen (secondary N) is 1. The van der Waals surface area contributed by atoms with Gasteiger partial charge in [0.25, 0.3) is 17.7 Å². The van der Waals surface area contributed by atoms with E-state index in [-0.39, 0.29) is 48.8 Å². The Morgan fingerprint density at radius 1 is 0.934 bits per heavy atom. The Balaban J connectivity index is 0.745. The molecular weight excluding hydrogens is 792 g/mol. The summed E-state index contributed by atoms with van der Waals surface area (Å²) < 4.78 is 6.15. The zero-order valence-electron chi connectivity index (χ0n) is 34.9. The number of rotatable bonds is 9. The summed E-state index contributed by atoms with van der Waals surface area (Å²) >= 11 is 6.22. The number of hydrogen-bond donors (Lipinski definition) is 1. The molecule has 13 heteroatoms. The Kier molecular flexibility index (Phi) is 11.2. The first-order valence-corrected chi connectivity index (χ1v) is 22.4. The van der Waals surface area contributed by atoms with E-state index in [2.05, 4.69) is 40.2 Å². The second-order valence-electron chi connectivity index (χ2n) is 18.3. The van der Waals surface area contributed by atoms with Crippen LogP contribution in [0.1, 0.15) is 133 Å². The summed E-state index contributed by atoms with van der Waals surface area (Å²) in [5, 5.41) is 11.8. The van der Waals surface area contributed by atoms with Crippen molar-refractivity contribution in [1.82, 2.24) is 20.0 Å². The van der Waals surface area contributed by atoms with Crippen LogP contribution in [0.25, 0.3) is 0 Å². The second-order valence-corrected chi connectivity index (χ2v) is 18.7. The lowest BCUT2D eigenvalue weighted by molar-refractivity contribution is -0.136. The molecule has 12 nitrogen and oxygen atoms in total. The van der Waals surface area contributed by atoms with E-state index in [9.17, 15) is 29.2 Å². The first-order chi connectivity index (χ1) is 29.4. The molecule has 6 aliphatic rings. The van der Waals surface area contributed by atoms with Gasteiger partial charge >= 0.3 is 0 Å². The molecule has 4 aliphatic heterocycles. The van der Waals surface area contributed by atoms with Crippen LogP contribution in [0, 0.1) is 16.7 Å². The SMILES string of the molecule is CC(CC1CCC(C)N1C(=O)c1ccc(N2CCN(C3CC4(CCC(c5cccc6c5C(=O)N(C5CCC(=O)NC5=O)C6=O)CC4)C3)CC2)cc1)Oc1ccc(C#N)c(Cl)c1. The number of nitrogens with zero attached hydrogens (tertiary/aromatic N) is 5. The van der Waals surface area contributed by atoms with Crippen molar-refractivity contribution in [3.63, 3.8) is 0 Å². The summed E-state index contributed by atoms with van der Waals surface area (Å²) in [6.07, 6.45) is 9.21. The van der Waals surface area contributed by atoms with Crippen LogP contribution in [-0.2, 0) is 9.59 Å². The lowest BCUT2D eigenvalue weighted by Gasteiger charge is -2.56. The fourth-order valence-corrected chi connectivity index (χ4v) is 11.5. The Hall–Kier alpha value is -5.25. The van der Waals surface area contributed by atoms with Crippen LogP contribution in [0.15, 0.2) is 60.7 Å². The zero-order valence-corrected chi connectivity index (χ0v) is 35.7. The summed E-state index contributed by atoms with van der Waals surface area (Å²) in [6, 6.07) is 20.7. The normalized spacial score (nSPS) is 28.4. The third-order valence-electron chi connectivity index (χ3n) is 14.7. The van der Waals surface area contributed by atoms with Crippen molar-refractivity contribution in [2.45, 2.75) is 121 Å². The van der Waals surface area contributed by atoms with Gasteiger partial charge in [-0.25, -0.2) is 0 Å². The predicted molar refractivity (Wildman–Crippen MR) is 230 cm³/mol. The fraction of sp³-hybridized carbons (Fsp3) is 0.500. The number of likely N-dealkylation sites (tertiary alicyclic amines) is 1. The van der Waals surface area contributed by atoms with E-state index in [1.54, 1.807) is 24.3 Å². The molecule has 1 spiro atoms. The Bertz CT molecular complexity index is 2290. The number of amides is 5. The lowest BCUT2D eigenvalue weighted by atomic mass is 9.56. The molecule has 3 saturated heterocycles. The summed E-state index contributed by atoms with van der Waals surface area (Å²) in [5.41, 5.74) is 4.31. The van der Waals surface area contributed by atoms with Crippen LogP contribution >= 0.6 is 11.6 Å². The van der Waals surface area contributed by atoms with Gasteiger partial charge in [0.05, 0.1) is 27.8 Å². The van der Waals surface area contributed by atoms with Crippen molar-refractivity contribution in [3.8, 4) is 11.8 Å². The van der Waals surface area contributed by atoms with Crippen LogP contribution in [-0.4, -0.2) is 101 Å². The summed E-state index contributed by atoms with van der Waals surface area (Å²) in [7, 11) is 0. The van der Waals surface area contributed by atoms with Gasteiger partial charge < -0.3 is 14.5 Å². The van der Waals surface area contributed by atoms with Crippen LogP contribution in [0.4, 0.5) is 5.69 Å². The topological polar surface area (TPSA) is 143 Å². The molecule has 3 aromatic rings. The monoisotopic (exact) mass is 844 g/mol. The van der Waals surface area contributed by atoms with Gasteiger partial charge in [0.2, 0.25) is 11.8 Å². The minimum absolute atomic E-state index is 0.0561. The average molecular weight is 845 g/mol.